The monoisotopic (exact) mass is 500 g/mol. The van der Waals surface area contributed by atoms with Crippen LogP contribution in [0.1, 0.15) is 23.6 Å². The fraction of sp³-hybridized carbons (Fsp3) is 0.138. The number of carbonyl (C=O) groups is 2. The van der Waals surface area contributed by atoms with Gasteiger partial charge >= 0.3 is 5.97 Å². The summed E-state index contributed by atoms with van der Waals surface area (Å²) in [6.45, 7) is 5.36. The third-order valence-corrected chi connectivity index (χ3v) is 5.91. The van der Waals surface area contributed by atoms with Crippen LogP contribution in [0, 0.1) is 13.8 Å². The van der Waals surface area contributed by atoms with E-state index in [1.54, 1.807) is 30.5 Å². The first kappa shape index (κ1) is 24.9. The van der Waals surface area contributed by atoms with Gasteiger partial charge in [0, 0.05) is 34.5 Å². The SMILES string of the molecule is COc1cc(/C=C/C(=O)Nc2cnc3c(C)cc(C)cc3c2-c2ccccc2Cl)ccc1OC(C)=O. The van der Waals surface area contributed by atoms with Crippen LogP contribution in [-0.4, -0.2) is 24.0 Å². The number of pyridine rings is 1. The lowest BCUT2D eigenvalue weighted by atomic mass is 9.96. The fourth-order valence-electron chi connectivity index (χ4n) is 4.08. The molecule has 0 bridgehead atoms. The van der Waals surface area contributed by atoms with Crippen LogP contribution < -0.4 is 14.8 Å². The van der Waals surface area contributed by atoms with Crippen LogP contribution in [0.15, 0.2) is 66.9 Å². The number of methoxy groups -OCH3 is 1. The Morgan fingerprint density at radius 2 is 1.81 bits per heavy atom. The molecular formula is C29H25ClN2O4. The molecule has 182 valence electrons. The molecule has 4 rings (SSSR count). The van der Waals surface area contributed by atoms with Gasteiger partial charge in [-0.3, -0.25) is 14.6 Å². The number of esters is 1. The van der Waals surface area contributed by atoms with Crippen molar-refractivity contribution in [2.75, 3.05) is 12.4 Å². The lowest BCUT2D eigenvalue weighted by Crippen LogP contribution is -2.10. The zero-order valence-electron chi connectivity index (χ0n) is 20.4. The first-order valence-corrected chi connectivity index (χ1v) is 11.6. The molecule has 0 unspecified atom stereocenters. The Hall–Kier alpha value is -4.16. The van der Waals surface area contributed by atoms with E-state index in [0.29, 0.717) is 27.8 Å². The summed E-state index contributed by atoms with van der Waals surface area (Å²) in [4.78, 5) is 28.8. The number of nitrogens with one attached hydrogen (secondary N) is 1. The van der Waals surface area contributed by atoms with Crippen molar-refractivity contribution in [3.63, 3.8) is 0 Å². The average molecular weight is 501 g/mol. The molecule has 36 heavy (non-hydrogen) atoms. The number of aromatic nitrogens is 1. The molecular weight excluding hydrogens is 476 g/mol. The number of amides is 1. The fourth-order valence-corrected chi connectivity index (χ4v) is 4.31. The molecule has 1 heterocycles. The quantitative estimate of drug-likeness (QED) is 0.180. The lowest BCUT2D eigenvalue weighted by Gasteiger charge is -2.16. The Kier molecular flexibility index (Phi) is 7.36. The summed E-state index contributed by atoms with van der Waals surface area (Å²) in [7, 11) is 1.48. The number of nitrogens with zero attached hydrogens (tertiary/aromatic N) is 1. The van der Waals surface area contributed by atoms with E-state index in [2.05, 4.69) is 22.4 Å². The number of halogens is 1. The zero-order chi connectivity index (χ0) is 25.8. The van der Waals surface area contributed by atoms with Crippen molar-refractivity contribution < 1.29 is 19.1 Å². The van der Waals surface area contributed by atoms with Gasteiger partial charge in [-0.2, -0.15) is 0 Å². The molecule has 4 aromatic rings. The minimum absolute atomic E-state index is 0.309. The van der Waals surface area contributed by atoms with Crippen LogP contribution in [0.4, 0.5) is 5.69 Å². The number of ether oxygens (including phenoxy) is 2. The highest BCUT2D eigenvalue weighted by Crippen LogP contribution is 2.39. The molecule has 0 spiro atoms. The van der Waals surface area contributed by atoms with Crippen molar-refractivity contribution in [3.8, 4) is 22.6 Å². The van der Waals surface area contributed by atoms with E-state index in [-0.39, 0.29) is 5.91 Å². The third-order valence-electron chi connectivity index (χ3n) is 5.58. The van der Waals surface area contributed by atoms with E-state index in [1.165, 1.54) is 20.1 Å². The van der Waals surface area contributed by atoms with Gasteiger partial charge in [0.2, 0.25) is 5.91 Å². The Balaban J connectivity index is 1.70. The molecule has 0 saturated heterocycles. The number of carbonyl (C=O) groups excluding carboxylic acids is 2. The number of hydrogen-bond donors (Lipinski definition) is 1. The number of benzene rings is 3. The highest BCUT2D eigenvalue weighted by Gasteiger charge is 2.16. The van der Waals surface area contributed by atoms with Crippen LogP contribution >= 0.6 is 11.6 Å². The van der Waals surface area contributed by atoms with Crippen molar-refractivity contribution in [2.24, 2.45) is 0 Å². The van der Waals surface area contributed by atoms with Crippen LogP contribution in [-0.2, 0) is 9.59 Å². The molecule has 0 saturated carbocycles. The van der Waals surface area contributed by atoms with Gasteiger partial charge in [-0.15, -0.1) is 0 Å². The van der Waals surface area contributed by atoms with Gasteiger partial charge in [0.1, 0.15) is 0 Å². The predicted octanol–water partition coefficient (Wildman–Crippen LogP) is 6.76. The second-order valence-electron chi connectivity index (χ2n) is 8.33. The Bertz CT molecular complexity index is 1510. The maximum absolute atomic E-state index is 12.9. The average Bonchev–Trinajstić information content (AvgIpc) is 2.83. The molecule has 1 aromatic heterocycles. The summed E-state index contributed by atoms with van der Waals surface area (Å²) in [5.41, 5.74) is 5.86. The number of fused-ring (bicyclic) bond motifs is 1. The molecule has 0 aliphatic rings. The highest BCUT2D eigenvalue weighted by molar-refractivity contribution is 6.34. The number of hydrogen-bond acceptors (Lipinski definition) is 5. The van der Waals surface area contributed by atoms with Gasteiger partial charge in [-0.05, 0) is 55.3 Å². The Labute approximate surface area is 214 Å². The Morgan fingerprint density at radius 1 is 1.03 bits per heavy atom. The van der Waals surface area contributed by atoms with Crippen molar-refractivity contribution in [2.45, 2.75) is 20.8 Å². The molecule has 7 heteroatoms. The molecule has 6 nitrogen and oxygen atoms in total. The normalized spacial score (nSPS) is 11.0. The highest BCUT2D eigenvalue weighted by atomic mass is 35.5. The molecule has 3 aromatic carbocycles. The van der Waals surface area contributed by atoms with Gasteiger partial charge in [-0.25, -0.2) is 0 Å². The van der Waals surface area contributed by atoms with Gasteiger partial charge in [0.15, 0.2) is 11.5 Å². The summed E-state index contributed by atoms with van der Waals surface area (Å²) < 4.78 is 10.4. The first-order valence-electron chi connectivity index (χ1n) is 11.3. The summed E-state index contributed by atoms with van der Waals surface area (Å²) in [5, 5.41) is 4.45. The van der Waals surface area contributed by atoms with Crippen LogP contribution in [0.2, 0.25) is 5.02 Å². The van der Waals surface area contributed by atoms with Crippen molar-refractivity contribution in [3.05, 3.63) is 88.6 Å². The van der Waals surface area contributed by atoms with Gasteiger partial charge in [0.25, 0.3) is 0 Å². The molecule has 0 atom stereocenters. The first-order chi connectivity index (χ1) is 17.3. The van der Waals surface area contributed by atoms with Crippen LogP contribution in [0.3, 0.4) is 0 Å². The molecule has 1 N–H and O–H groups in total. The second-order valence-corrected chi connectivity index (χ2v) is 8.74. The standard InChI is InChI=1S/C29H25ClN2O4/c1-17-13-18(2)29-22(14-17)28(21-7-5-6-8-23(21)30)24(16-31-29)32-27(34)12-10-20-9-11-25(36-19(3)33)26(15-20)35-4/h5-16H,1-4H3,(H,32,34)/b12-10+. The van der Waals surface area contributed by atoms with E-state index in [1.807, 2.05) is 38.1 Å². The molecule has 0 fully saturated rings. The molecule has 0 radical (unpaired) electrons. The number of anilines is 1. The summed E-state index contributed by atoms with van der Waals surface area (Å²) in [6, 6.07) is 16.7. The van der Waals surface area contributed by atoms with Crippen molar-refractivity contribution in [1.29, 1.82) is 0 Å². The van der Waals surface area contributed by atoms with Gasteiger partial charge < -0.3 is 14.8 Å². The smallest absolute Gasteiger partial charge is 0.308 e. The van der Waals surface area contributed by atoms with E-state index >= 15 is 0 Å². The van der Waals surface area contributed by atoms with Crippen molar-refractivity contribution in [1.82, 2.24) is 4.98 Å². The van der Waals surface area contributed by atoms with E-state index in [0.717, 1.165) is 33.2 Å². The van der Waals surface area contributed by atoms with Gasteiger partial charge in [-0.1, -0.05) is 47.5 Å². The lowest BCUT2D eigenvalue weighted by molar-refractivity contribution is -0.132. The zero-order valence-corrected chi connectivity index (χ0v) is 21.1. The van der Waals surface area contributed by atoms with E-state index in [4.69, 9.17) is 21.1 Å². The van der Waals surface area contributed by atoms with Crippen LogP contribution in [0.25, 0.3) is 28.1 Å². The van der Waals surface area contributed by atoms with E-state index < -0.39 is 5.97 Å². The Morgan fingerprint density at radius 3 is 2.53 bits per heavy atom. The largest absolute Gasteiger partial charge is 0.493 e. The number of rotatable bonds is 6. The third kappa shape index (κ3) is 5.39. The van der Waals surface area contributed by atoms with Crippen LogP contribution in [0.5, 0.6) is 11.5 Å². The molecule has 0 aliphatic heterocycles. The minimum Gasteiger partial charge on any atom is -0.493 e. The summed E-state index contributed by atoms with van der Waals surface area (Å²) >= 11 is 6.57. The topological polar surface area (TPSA) is 77.5 Å². The number of aryl methyl sites for hydroxylation is 2. The summed E-state index contributed by atoms with van der Waals surface area (Å²) in [6.07, 6.45) is 4.72. The minimum atomic E-state index is -0.445. The van der Waals surface area contributed by atoms with E-state index in [9.17, 15) is 9.59 Å². The maximum atomic E-state index is 12.9. The summed E-state index contributed by atoms with van der Waals surface area (Å²) in [5.74, 6) is -0.0847. The predicted molar refractivity (Wildman–Crippen MR) is 144 cm³/mol. The molecule has 0 aliphatic carbocycles. The molecule has 1 amide bonds. The van der Waals surface area contributed by atoms with Crippen molar-refractivity contribution >= 4 is 46.1 Å². The van der Waals surface area contributed by atoms with Gasteiger partial charge in [0.05, 0.1) is 24.5 Å². The maximum Gasteiger partial charge on any atom is 0.308 e. The second kappa shape index (κ2) is 10.6.